The van der Waals surface area contributed by atoms with Crippen LogP contribution in [0.4, 0.5) is 0 Å². The Labute approximate surface area is 259 Å². The van der Waals surface area contributed by atoms with E-state index in [1.165, 1.54) is 76.8 Å². The Bertz CT molecular complexity index is 2740. The van der Waals surface area contributed by atoms with Crippen LogP contribution in [0.5, 0.6) is 0 Å². The van der Waals surface area contributed by atoms with Gasteiger partial charge >= 0.3 is 0 Å². The number of nitrogens with zero attached hydrogens (tertiary/aromatic N) is 3. The van der Waals surface area contributed by atoms with E-state index in [0.29, 0.717) is 0 Å². The van der Waals surface area contributed by atoms with Gasteiger partial charge in [0, 0.05) is 49.4 Å². The first-order valence-corrected chi connectivity index (χ1v) is 15.5. The number of aromatic nitrogens is 3. The first kappa shape index (κ1) is 24.4. The van der Waals surface area contributed by atoms with Crippen LogP contribution in [0.2, 0.25) is 0 Å². The molecular weight excluding hydrogens is 546 g/mol. The van der Waals surface area contributed by atoms with E-state index >= 15 is 0 Å². The molecule has 0 saturated heterocycles. The molecular formula is C42H27N3. The first-order valence-electron chi connectivity index (χ1n) is 15.5. The Balaban J connectivity index is 1.31. The summed E-state index contributed by atoms with van der Waals surface area (Å²) in [6.07, 6.45) is 0. The molecule has 210 valence electrons. The van der Waals surface area contributed by atoms with Crippen molar-refractivity contribution in [1.82, 2.24) is 13.7 Å². The van der Waals surface area contributed by atoms with Crippen molar-refractivity contribution in [2.75, 3.05) is 0 Å². The first-order chi connectivity index (χ1) is 22.3. The Morgan fingerprint density at radius 3 is 1.07 bits per heavy atom. The number of hydrogen-bond donors (Lipinski definition) is 0. The van der Waals surface area contributed by atoms with Crippen LogP contribution in [0.1, 0.15) is 0 Å². The summed E-state index contributed by atoms with van der Waals surface area (Å²) >= 11 is 0. The highest BCUT2D eigenvalue weighted by molar-refractivity contribution is 6.19. The molecule has 0 aliphatic rings. The Kier molecular flexibility index (Phi) is 5.00. The average molecular weight is 574 g/mol. The van der Waals surface area contributed by atoms with Crippen molar-refractivity contribution < 1.29 is 0 Å². The molecule has 3 heteroatoms. The summed E-state index contributed by atoms with van der Waals surface area (Å²) < 4.78 is 7.23. The Hall–Kier alpha value is -6.06. The molecule has 0 unspecified atom stereocenters. The third kappa shape index (κ3) is 3.41. The van der Waals surface area contributed by atoms with E-state index in [2.05, 4.69) is 177 Å². The molecule has 0 atom stereocenters. The van der Waals surface area contributed by atoms with E-state index in [1.807, 2.05) is 0 Å². The second kappa shape index (κ2) is 9.22. The van der Waals surface area contributed by atoms with Crippen LogP contribution in [0.25, 0.3) is 82.5 Å². The van der Waals surface area contributed by atoms with E-state index in [9.17, 15) is 0 Å². The van der Waals surface area contributed by atoms with Gasteiger partial charge in [0.1, 0.15) is 0 Å². The molecule has 0 radical (unpaired) electrons. The van der Waals surface area contributed by atoms with Gasteiger partial charge in [-0.2, -0.15) is 0 Å². The van der Waals surface area contributed by atoms with Gasteiger partial charge in [0.15, 0.2) is 0 Å². The topological polar surface area (TPSA) is 14.8 Å². The molecule has 10 rings (SSSR count). The lowest BCUT2D eigenvalue weighted by atomic mass is 10.1. The van der Waals surface area contributed by atoms with Crippen LogP contribution < -0.4 is 0 Å². The molecule has 0 bridgehead atoms. The zero-order chi connectivity index (χ0) is 29.5. The van der Waals surface area contributed by atoms with Crippen LogP contribution in [0.15, 0.2) is 164 Å². The second-order valence-electron chi connectivity index (χ2n) is 11.8. The summed E-state index contributed by atoms with van der Waals surface area (Å²) in [6, 6.07) is 59.4. The van der Waals surface area contributed by atoms with Gasteiger partial charge in [0.2, 0.25) is 0 Å². The van der Waals surface area contributed by atoms with Crippen molar-refractivity contribution in [2.24, 2.45) is 0 Å². The molecule has 0 fully saturated rings. The lowest BCUT2D eigenvalue weighted by Gasteiger charge is -2.11. The predicted molar refractivity (Wildman–Crippen MR) is 189 cm³/mol. The largest absolute Gasteiger partial charge is 0.309 e. The van der Waals surface area contributed by atoms with Crippen LogP contribution in [0, 0.1) is 0 Å². The fourth-order valence-electron chi connectivity index (χ4n) is 7.52. The van der Waals surface area contributed by atoms with Crippen molar-refractivity contribution in [3.63, 3.8) is 0 Å². The summed E-state index contributed by atoms with van der Waals surface area (Å²) in [7, 11) is 0. The van der Waals surface area contributed by atoms with Crippen molar-refractivity contribution in [3.8, 4) is 17.1 Å². The fraction of sp³-hybridized carbons (Fsp3) is 0. The third-order valence-electron chi connectivity index (χ3n) is 9.41. The fourth-order valence-corrected chi connectivity index (χ4v) is 7.52. The van der Waals surface area contributed by atoms with Crippen LogP contribution >= 0.6 is 0 Å². The minimum atomic E-state index is 1.16. The van der Waals surface area contributed by atoms with Gasteiger partial charge in [0.05, 0.1) is 33.1 Å². The predicted octanol–water partition coefficient (Wildman–Crippen LogP) is 11.0. The summed E-state index contributed by atoms with van der Waals surface area (Å²) in [6.45, 7) is 0. The monoisotopic (exact) mass is 573 g/mol. The van der Waals surface area contributed by atoms with Crippen LogP contribution in [-0.2, 0) is 0 Å². The molecule has 3 aromatic heterocycles. The number of hydrogen-bond acceptors (Lipinski definition) is 0. The van der Waals surface area contributed by atoms with Gasteiger partial charge in [-0.15, -0.1) is 0 Å². The van der Waals surface area contributed by atoms with Gasteiger partial charge in [0.25, 0.3) is 0 Å². The lowest BCUT2D eigenvalue weighted by Crippen LogP contribution is -1.96. The summed E-state index contributed by atoms with van der Waals surface area (Å²) in [4.78, 5) is 0. The molecule has 45 heavy (non-hydrogen) atoms. The Morgan fingerprint density at radius 2 is 0.578 bits per heavy atom. The van der Waals surface area contributed by atoms with Gasteiger partial charge in [-0.1, -0.05) is 91.0 Å². The molecule has 0 amide bonds. The molecule has 10 aromatic rings. The maximum atomic E-state index is 2.45. The van der Waals surface area contributed by atoms with Crippen molar-refractivity contribution >= 4 is 65.4 Å². The van der Waals surface area contributed by atoms with Crippen molar-refractivity contribution in [2.45, 2.75) is 0 Å². The van der Waals surface area contributed by atoms with E-state index < -0.39 is 0 Å². The average Bonchev–Trinajstić information content (AvgIpc) is 3.73. The number of rotatable bonds is 3. The third-order valence-corrected chi connectivity index (χ3v) is 9.41. The number of benzene rings is 7. The van der Waals surface area contributed by atoms with Crippen LogP contribution in [-0.4, -0.2) is 13.7 Å². The smallest absolute Gasteiger partial charge is 0.0548 e. The zero-order valence-electron chi connectivity index (χ0n) is 24.4. The Morgan fingerprint density at radius 1 is 0.222 bits per heavy atom. The standard InChI is InChI=1S/C42H27N3/c1-3-13-28(14-4-1)43-37-20-10-7-17-31(37)34-25-30(23-24-40(34)43)45-39-22-12-9-19-33(39)36-26-41-35(27-42(36)45)32-18-8-11-21-38(32)44(41)29-15-5-2-6-16-29/h1-27H. The minimum Gasteiger partial charge on any atom is -0.309 e. The molecule has 3 nitrogen and oxygen atoms in total. The normalized spacial score (nSPS) is 12.0. The maximum absolute atomic E-state index is 2.45. The molecule has 0 N–H and O–H groups in total. The highest BCUT2D eigenvalue weighted by atomic mass is 15.0. The minimum absolute atomic E-state index is 1.16. The SMILES string of the molecule is c1ccc(-n2c3ccccc3c3cc(-n4c5ccccc5c5cc6c(cc54)c4ccccc4n6-c4ccccc4)ccc32)cc1. The quantitative estimate of drug-likeness (QED) is 0.200. The van der Waals surface area contributed by atoms with Crippen LogP contribution in [0.3, 0.4) is 0 Å². The van der Waals surface area contributed by atoms with Gasteiger partial charge in [-0.3, -0.25) is 0 Å². The lowest BCUT2D eigenvalue weighted by molar-refractivity contribution is 1.16. The van der Waals surface area contributed by atoms with Crippen molar-refractivity contribution in [3.05, 3.63) is 164 Å². The van der Waals surface area contributed by atoms with E-state index in [1.54, 1.807) is 0 Å². The maximum Gasteiger partial charge on any atom is 0.0548 e. The number of para-hydroxylation sites is 5. The number of fused-ring (bicyclic) bond motifs is 9. The molecule has 0 aliphatic carbocycles. The van der Waals surface area contributed by atoms with Gasteiger partial charge < -0.3 is 13.7 Å². The molecule has 3 heterocycles. The van der Waals surface area contributed by atoms with E-state index in [-0.39, 0.29) is 0 Å². The molecule has 0 saturated carbocycles. The van der Waals surface area contributed by atoms with E-state index in [4.69, 9.17) is 0 Å². The van der Waals surface area contributed by atoms with Gasteiger partial charge in [-0.25, -0.2) is 0 Å². The summed E-state index contributed by atoms with van der Waals surface area (Å²) in [5.41, 5.74) is 10.8. The second-order valence-corrected chi connectivity index (χ2v) is 11.8. The molecule has 0 spiro atoms. The summed E-state index contributed by atoms with van der Waals surface area (Å²) in [5.74, 6) is 0. The van der Waals surface area contributed by atoms with E-state index in [0.717, 1.165) is 5.69 Å². The van der Waals surface area contributed by atoms with Gasteiger partial charge in [-0.05, 0) is 72.8 Å². The molecule has 0 aliphatic heterocycles. The van der Waals surface area contributed by atoms with Crippen molar-refractivity contribution in [1.29, 1.82) is 0 Å². The highest BCUT2D eigenvalue weighted by Gasteiger charge is 2.19. The zero-order valence-corrected chi connectivity index (χ0v) is 24.4. The highest BCUT2D eigenvalue weighted by Crippen LogP contribution is 2.41. The molecule has 7 aromatic carbocycles. The summed E-state index contributed by atoms with van der Waals surface area (Å²) in [5, 5.41) is 7.53.